The van der Waals surface area contributed by atoms with E-state index in [9.17, 15) is 13.6 Å². The normalized spacial score (nSPS) is 17.4. The number of hydrogen-bond acceptors (Lipinski definition) is 3. The molecule has 132 valence electrons. The van der Waals surface area contributed by atoms with Crippen molar-refractivity contribution in [2.45, 2.75) is 38.6 Å². The summed E-state index contributed by atoms with van der Waals surface area (Å²) in [6.07, 6.45) is 5.53. The first kappa shape index (κ1) is 17.3. The first-order valence-electron chi connectivity index (χ1n) is 8.58. The zero-order valence-electron chi connectivity index (χ0n) is 14.1. The fourth-order valence-corrected chi connectivity index (χ4v) is 3.20. The Kier molecular flexibility index (Phi) is 5.26. The molecule has 0 spiro atoms. The number of carbonyl (C=O) groups is 1. The minimum absolute atomic E-state index is 0.0878. The monoisotopic (exact) mass is 345 g/mol. The molecule has 1 fully saturated rings. The molecule has 1 aliphatic heterocycles. The summed E-state index contributed by atoms with van der Waals surface area (Å²) in [5, 5.41) is 2.67. The minimum atomic E-state index is -0.681. The first-order chi connectivity index (χ1) is 12.1. The standard InChI is InChI=1S/C19H21F2N3O/c1-2-14-6-3-4-11-24(14)19(25)17-10-9-13(12-22-17)23-18-15(20)7-5-8-16(18)21/h5,7-10,12,14,23H,2-4,6,11H2,1H3. The Morgan fingerprint density at radius 3 is 2.64 bits per heavy atom. The molecule has 1 N–H and O–H groups in total. The molecule has 25 heavy (non-hydrogen) atoms. The maximum absolute atomic E-state index is 13.7. The summed E-state index contributed by atoms with van der Waals surface area (Å²) in [7, 11) is 0. The molecule has 4 nitrogen and oxygen atoms in total. The Morgan fingerprint density at radius 1 is 1.24 bits per heavy atom. The van der Waals surface area contributed by atoms with Crippen LogP contribution in [-0.2, 0) is 0 Å². The van der Waals surface area contributed by atoms with Gasteiger partial charge in [0, 0.05) is 12.6 Å². The Morgan fingerprint density at radius 2 is 2.00 bits per heavy atom. The van der Waals surface area contributed by atoms with Gasteiger partial charge in [0.1, 0.15) is 23.0 Å². The number of pyridine rings is 1. The van der Waals surface area contributed by atoms with Crippen molar-refractivity contribution in [3.8, 4) is 0 Å². The predicted molar refractivity (Wildman–Crippen MR) is 92.8 cm³/mol. The van der Waals surface area contributed by atoms with Crippen molar-refractivity contribution >= 4 is 17.3 Å². The summed E-state index contributed by atoms with van der Waals surface area (Å²) in [4.78, 5) is 18.7. The number of nitrogens with zero attached hydrogens (tertiary/aromatic N) is 2. The van der Waals surface area contributed by atoms with Crippen LogP contribution in [0.1, 0.15) is 43.1 Å². The molecule has 0 radical (unpaired) electrons. The summed E-state index contributed by atoms with van der Waals surface area (Å²) in [5.74, 6) is -1.45. The molecule has 1 aliphatic rings. The molecular formula is C19H21F2N3O. The van der Waals surface area contributed by atoms with Gasteiger partial charge in [-0.2, -0.15) is 0 Å². The van der Waals surface area contributed by atoms with Crippen LogP contribution in [0.5, 0.6) is 0 Å². The van der Waals surface area contributed by atoms with Gasteiger partial charge in [0.2, 0.25) is 0 Å². The number of piperidine rings is 1. The molecule has 1 saturated heterocycles. The molecule has 1 aromatic heterocycles. The number of rotatable bonds is 4. The lowest BCUT2D eigenvalue weighted by Gasteiger charge is -2.35. The molecule has 2 heterocycles. The molecular weight excluding hydrogens is 324 g/mol. The summed E-state index contributed by atoms with van der Waals surface area (Å²) in [6.45, 7) is 2.83. The van der Waals surface area contributed by atoms with Crippen LogP contribution < -0.4 is 5.32 Å². The van der Waals surface area contributed by atoms with Crippen LogP contribution in [0.2, 0.25) is 0 Å². The van der Waals surface area contributed by atoms with Gasteiger partial charge in [0.05, 0.1) is 11.9 Å². The van der Waals surface area contributed by atoms with E-state index in [2.05, 4.69) is 17.2 Å². The van der Waals surface area contributed by atoms with Crippen LogP contribution in [0.3, 0.4) is 0 Å². The molecule has 1 unspecified atom stereocenters. The van der Waals surface area contributed by atoms with Gasteiger partial charge >= 0.3 is 0 Å². The number of amides is 1. The Bertz CT molecular complexity index is 729. The largest absolute Gasteiger partial charge is 0.349 e. The second kappa shape index (κ2) is 7.59. The van der Waals surface area contributed by atoms with E-state index in [-0.39, 0.29) is 17.6 Å². The lowest BCUT2D eigenvalue weighted by molar-refractivity contribution is 0.0602. The zero-order valence-corrected chi connectivity index (χ0v) is 14.1. The molecule has 0 bridgehead atoms. The summed E-state index contributed by atoms with van der Waals surface area (Å²) < 4.78 is 27.4. The van der Waals surface area contributed by atoms with E-state index >= 15 is 0 Å². The van der Waals surface area contributed by atoms with E-state index in [0.29, 0.717) is 11.4 Å². The van der Waals surface area contributed by atoms with Gasteiger partial charge in [0.15, 0.2) is 0 Å². The van der Waals surface area contributed by atoms with Gasteiger partial charge in [-0.25, -0.2) is 13.8 Å². The second-order valence-corrected chi connectivity index (χ2v) is 6.21. The number of carbonyl (C=O) groups excluding carboxylic acids is 1. The van der Waals surface area contributed by atoms with Crippen molar-refractivity contribution < 1.29 is 13.6 Å². The highest BCUT2D eigenvalue weighted by Crippen LogP contribution is 2.24. The Hall–Kier alpha value is -2.50. The van der Waals surface area contributed by atoms with Crippen molar-refractivity contribution in [3.63, 3.8) is 0 Å². The van der Waals surface area contributed by atoms with Gasteiger partial charge in [0.25, 0.3) is 5.91 Å². The highest BCUT2D eigenvalue weighted by Gasteiger charge is 2.26. The number of para-hydroxylation sites is 1. The number of likely N-dealkylation sites (tertiary alicyclic amines) is 1. The lowest BCUT2D eigenvalue weighted by Crippen LogP contribution is -2.43. The van der Waals surface area contributed by atoms with E-state index < -0.39 is 11.6 Å². The van der Waals surface area contributed by atoms with Crippen LogP contribution in [0, 0.1) is 11.6 Å². The molecule has 3 rings (SSSR count). The van der Waals surface area contributed by atoms with Crippen LogP contribution in [0.25, 0.3) is 0 Å². The van der Waals surface area contributed by atoms with E-state index in [4.69, 9.17) is 0 Å². The number of aromatic nitrogens is 1. The Labute approximate surface area is 145 Å². The maximum atomic E-state index is 13.7. The van der Waals surface area contributed by atoms with E-state index in [0.717, 1.165) is 32.2 Å². The van der Waals surface area contributed by atoms with Crippen LogP contribution in [-0.4, -0.2) is 28.4 Å². The van der Waals surface area contributed by atoms with Crippen molar-refractivity contribution in [1.29, 1.82) is 0 Å². The van der Waals surface area contributed by atoms with Crippen LogP contribution in [0.4, 0.5) is 20.2 Å². The van der Waals surface area contributed by atoms with E-state index in [1.807, 2.05) is 4.90 Å². The average molecular weight is 345 g/mol. The average Bonchev–Trinajstić information content (AvgIpc) is 2.65. The molecule has 1 aromatic carbocycles. The van der Waals surface area contributed by atoms with Gasteiger partial charge in [-0.15, -0.1) is 0 Å². The molecule has 0 aliphatic carbocycles. The molecule has 0 saturated carbocycles. The van der Waals surface area contributed by atoms with Crippen LogP contribution in [0.15, 0.2) is 36.5 Å². The fraction of sp³-hybridized carbons (Fsp3) is 0.368. The van der Waals surface area contributed by atoms with Gasteiger partial charge in [-0.3, -0.25) is 4.79 Å². The SMILES string of the molecule is CCC1CCCCN1C(=O)c1ccc(Nc2c(F)cccc2F)cn1. The lowest BCUT2D eigenvalue weighted by atomic mass is 9.99. The van der Waals surface area contributed by atoms with Crippen molar-refractivity contribution in [2.75, 3.05) is 11.9 Å². The Balaban J connectivity index is 1.74. The zero-order chi connectivity index (χ0) is 17.8. The van der Waals surface area contributed by atoms with Gasteiger partial charge < -0.3 is 10.2 Å². The molecule has 2 aromatic rings. The molecule has 1 atom stereocenters. The van der Waals surface area contributed by atoms with Gasteiger partial charge in [-0.05, 0) is 49.9 Å². The third-order valence-corrected chi connectivity index (χ3v) is 4.57. The third kappa shape index (κ3) is 3.78. The van der Waals surface area contributed by atoms with E-state index in [1.165, 1.54) is 24.4 Å². The summed E-state index contributed by atoms with van der Waals surface area (Å²) in [6, 6.07) is 7.12. The number of halogens is 2. The van der Waals surface area contributed by atoms with E-state index in [1.54, 1.807) is 12.1 Å². The number of anilines is 2. The smallest absolute Gasteiger partial charge is 0.272 e. The van der Waals surface area contributed by atoms with Crippen LogP contribution >= 0.6 is 0 Å². The fourth-order valence-electron chi connectivity index (χ4n) is 3.20. The van der Waals surface area contributed by atoms with Gasteiger partial charge in [-0.1, -0.05) is 13.0 Å². The highest BCUT2D eigenvalue weighted by molar-refractivity contribution is 5.92. The number of hydrogen-bond donors (Lipinski definition) is 1. The van der Waals surface area contributed by atoms with Crippen molar-refractivity contribution in [2.24, 2.45) is 0 Å². The quantitative estimate of drug-likeness (QED) is 0.887. The number of nitrogens with one attached hydrogen (secondary N) is 1. The van der Waals surface area contributed by atoms with Crippen molar-refractivity contribution in [1.82, 2.24) is 9.88 Å². The maximum Gasteiger partial charge on any atom is 0.272 e. The number of benzene rings is 1. The third-order valence-electron chi connectivity index (χ3n) is 4.57. The molecule has 6 heteroatoms. The first-order valence-corrected chi connectivity index (χ1v) is 8.58. The van der Waals surface area contributed by atoms with Crippen molar-refractivity contribution in [3.05, 3.63) is 53.9 Å². The summed E-state index contributed by atoms with van der Waals surface area (Å²) >= 11 is 0. The highest BCUT2D eigenvalue weighted by atomic mass is 19.1. The minimum Gasteiger partial charge on any atom is -0.349 e. The summed E-state index contributed by atoms with van der Waals surface area (Å²) in [5.41, 5.74) is 0.539. The molecule has 1 amide bonds. The predicted octanol–water partition coefficient (Wildman–Crippen LogP) is 4.51. The topological polar surface area (TPSA) is 45.2 Å². The second-order valence-electron chi connectivity index (χ2n) is 6.21.